The third kappa shape index (κ3) is 1.86. The summed E-state index contributed by atoms with van der Waals surface area (Å²) in [5.74, 6) is 0.726. The quantitative estimate of drug-likeness (QED) is 0.724. The highest BCUT2D eigenvalue weighted by molar-refractivity contribution is 5.79. The molecule has 1 amide bonds. The number of hydrogen-bond donors (Lipinski definition) is 0. The number of fused-ring (bicyclic) bond motifs is 1. The zero-order valence-electron chi connectivity index (χ0n) is 10.4. The van der Waals surface area contributed by atoms with E-state index in [9.17, 15) is 4.79 Å². The van der Waals surface area contributed by atoms with E-state index in [4.69, 9.17) is 0 Å². The van der Waals surface area contributed by atoms with Gasteiger partial charge in [0.25, 0.3) is 0 Å². The summed E-state index contributed by atoms with van der Waals surface area (Å²) in [7, 11) is 1.91. The first-order valence-corrected chi connectivity index (χ1v) is 6.60. The zero-order valence-corrected chi connectivity index (χ0v) is 10.4. The number of hydrogen-bond acceptors (Lipinski definition) is 1. The number of likely N-dealkylation sites (tertiary alicyclic amines) is 1. The molecule has 2 nitrogen and oxygen atoms in total. The molecule has 0 N–H and O–H groups in total. The lowest BCUT2D eigenvalue weighted by Gasteiger charge is -2.22. The number of likely N-dealkylation sites (N-methyl/N-ethyl adjacent to an activating group) is 1. The van der Waals surface area contributed by atoms with Crippen molar-refractivity contribution in [2.45, 2.75) is 38.0 Å². The summed E-state index contributed by atoms with van der Waals surface area (Å²) >= 11 is 0. The van der Waals surface area contributed by atoms with Gasteiger partial charge in [0.2, 0.25) is 5.91 Å². The number of rotatable bonds is 1. The van der Waals surface area contributed by atoms with Crippen LogP contribution in [0.2, 0.25) is 0 Å². The number of carbonyl (C=O) groups excluding carboxylic acids is 1. The number of carbonyl (C=O) groups is 1. The number of nitrogens with zero attached hydrogens (tertiary/aromatic N) is 1. The molecule has 3 rings (SSSR count). The van der Waals surface area contributed by atoms with Crippen LogP contribution in [0, 0.1) is 0 Å². The second-order valence-corrected chi connectivity index (χ2v) is 5.37. The van der Waals surface area contributed by atoms with Crippen molar-refractivity contribution in [3.63, 3.8) is 0 Å². The Hall–Kier alpha value is -1.31. The fraction of sp³-hybridized carbons (Fsp3) is 0.533. The molecule has 1 atom stereocenters. The molecule has 1 heterocycles. The normalized spacial score (nSPS) is 23.9. The second kappa shape index (κ2) is 4.17. The van der Waals surface area contributed by atoms with E-state index in [0.29, 0.717) is 18.2 Å². The average Bonchev–Trinajstić information content (AvgIpc) is 2.69. The summed E-state index contributed by atoms with van der Waals surface area (Å²) in [6.07, 6.45) is 5.76. The Morgan fingerprint density at radius 2 is 2.06 bits per heavy atom. The lowest BCUT2D eigenvalue weighted by atomic mass is 9.83. The van der Waals surface area contributed by atoms with Crippen LogP contribution in [-0.4, -0.2) is 24.4 Å². The van der Waals surface area contributed by atoms with Gasteiger partial charge >= 0.3 is 0 Å². The van der Waals surface area contributed by atoms with E-state index in [0.717, 1.165) is 6.54 Å². The number of benzene rings is 1. The van der Waals surface area contributed by atoms with Crippen LogP contribution in [0.4, 0.5) is 0 Å². The molecule has 90 valence electrons. The molecule has 2 aliphatic rings. The molecule has 0 aromatic heterocycles. The molecule has 0 spiro atoms. The number of aryl methyl sites for hydroxylation is 1. The highest BCUT2D eigenvalue weighted by atomic mass is 16.2. The zero-order chi connectivity index (χ0) is 11.8. The molecule has 1 saturated heterocycles. The molecule has 0 unspecified atom stereocenters. The van der Waals surface area contributed by atoms with Gasteiger partial charge in [-0.3, -0.25) is 4.79 Å². The Morgan fingerprint density at radius 3 is 2.82 bits per heavy atom. The lowest BCUT2D eigenvalue weighted by Crippen LogP contribution is -2.19. The summed E-state index contributed by atoms with van der Waals surface area (Å²) < 4.78 is 0. The Balaban J connectivity index is 1.95. The van der Waals surface area contributed by atoms with Crippen molar-refractivity contribution in [3.8, 4) is 0 Å². The van der Waals surface area contributed by atoms with Gasteiger partial charge in [-0.15, -0.1) is 0 Å². The molecule has 17 heavy (non-hydrogen) atoms. The van der Waals surface area contributed by atoms with E-state index >= 15 is 0 Å². The van der Waals surface area contributed by atoms with E-state index < -0.39 is 0 Å². The fourth-order valence-corrected chi connectivity index (χ4v) is 3.27. The van der Waals surface area contributed by atoms with Crippen molar-refractivity contribution in [1.29, 1.82) is 0 Å². The summed E-state index contributed by atoms with van der Waals surface area (Å²) in [4.78, 5) is 13.5. The van der Waals surface area contributed by atoms with E-state index in [-0.39, 0.29) is 0 Å². The predicted molar refractivity (Wildman–Crippen MR) is 68.1 cm³/mol. The van der Waals surface area contributed by atoms with E-state index in [1.54, 1.807) is 5.56 Å². The van der Waals surface area contributed by atoms with Crippen molar-refractivity contribution >= 4 is 5.91 Å². The first kappa shape index (κ1) is 10.8. The van der Waals surface area contributed by atoms with Gasteiger partial charge in [-0.2, -0.15) is 0 Å². The minimum Gasteiger partial charge on any atom is -0.345 e. The van der Waals surface area contributed by atoms with Gasteiger partial charge in [0, 0.05) is 25.9 Å². The van der Waals surface area contributed by atoms with Gasteiger partial charge in [0.15, 0.2) is 0 Å². The first-order valence-electron chi connectivity index (χ1n) is 6.60. The van der Waals surface area contributed by atoms with Crippen LogP contribution in [0.3, 0.4) is 0 Å². The Morgan fingerprint density at radius 1 is 1.24 bits per heavy atom. The van der Waals surface area contributed by atoms with E-state index in [1.165, 1.54) is 36.8 Å². The summed E-state index contributed by atoms with van der Waals surface area (Å²) in [6, 6.07) is 6.67. The van der Waals surface area contributed by atoms with Gasteiger partial charge in [-0.05, 0) is 42.4 Å². The molecule has 2 heteroatoms. The predicted octanol–water partition coefficient (Wildman–Crippen LogP) is 2.51. The summed E-state index contributed by atoms with van der Waals surface area (Å²) in [5, 5.41) is 0. The van der Waals surface area contributed by atoms with Crippen LogP contribution in [0.1, 0.15) is 41.9 Å². The summed E-state index contributed by atoms with van der Waals surface area (Å²) in [6.45, 7) is 0.898. The van der Waals surface area contributed by atoms with Crippen molar-refractivity contribution in [2.24, 2.45) is 0 Å². The van der Waals surface area contributed by atoms with Gasteiger partial charge in [0.05, 0.1) is 0 Å². The van der Waals surface area contributed by atoms with Gasteiger partial charge in [0.1, 0.15) is 0 Å². The SMILES string of the molecule is CN1C[C@@H](c2cccc3c2CCCC3)CC1=O. The van der Waals surface area contributed by atoms with Crippen molar-refractivity contribution in [1.82, 2.24) is 4.90 Å². The van der Waals surface area contributed by atoms with Crippen LogP contribution >= 0.6 is 0 Å². The average molecular weight is 229 g/mol. The fourth-order valence-electron chi connectivity index (χ4n) is 3.27. The monoisotopic (exact) mass is 229 g/mol. The minimum atomic E-state index is 0.295. The van der Waals surface area contributed by atoms with Crippen LogP contribution in [0.5, 0.6) is 0 Å². The Labute approximate surface area is 103 Å². The van der Waals surface area contributed by atoms with Crippen molar-refractivity contribution in [3.05, 3.63) is 34.9 Å². The second-order valence-electron chi connectivity index (χ2n) is 5.37. The highest BCUT2D eigenvalue weighted by Crippen LogP contribution is 2.34. The molecule has 0 saturated carbocycles. The molecule has 1 aliphatic carbocycles. The maximum absolute atomic E-state index is 11.7. The Bertz CT molecular complexity index is 452. The molecule has 1 fully saturated rings. The third-order valence-electron chi connectivity index (χ3n) is 4.21. The Kier molecular flexibility index (Phi) is 2.65. The van der Waals surface area contributed by atoms with Gasteiger partial charge in [-0.1, -0.05) is 18.2 Å². The van der Waals surface area contributed by atoms with E-state index in [1.807, 2.05) is 11.9 Å². The van der Waals surface area contributed by atoms with Gasteiger partial charge < -0.3 is 4.90 Å². The lowest BCUT2D eigenvalue weighted by molar-refractivity contribution is -0.126. The topological polar surface area (TPSA) is 20.3 Å². The highest BCUT2D eigenvalue weighted by Gasteiger charge is 2.30. The molecular weight excluding hydrogens is 210 g/mol. The molecular formula is C15H19NO. The largest absolute Gasteiger partial charge is 0.345 e. The maximum atomic E-state index is 11.7. The minimum absolute atomic E-state index is 0.295. The van der Waals surface area contributed by atoms with Crippen LogP contribution < -0.4 is 0 Å². The number of amides is 1. The smallest absolute Gasteiger partial charge is 0.223 e. The van der Waals surface area contributed by atoms with Crippen molar-refractivity contribution < 1.29 is 4.79 Å². The van der Waals surface area contributed by atoms with Crippen LogP contribution in [0.15, 0.2) is 18.2 Å². The third-order valence-corrected chi connectivity index (χ3v) is 4.21. The molecule has 1 aromatic carbocycles. The maximum Gasteiger partial charge on any atom is 0.223 e. The van der Waals surface area contributed by atoms with Crippen molar-refractivity contribution in [2.75, 3.05) is 13.6 Å². The first-order chi connectivity index (χ1) is 8.25. The van der Waals surface area contributed by atoms with E-state index in [2.05, 4.69) is 18.2 Å². The molecule has 0 bridgehead atoms. The van der Waals surface area contributed by atoms with Crippen LogP contribution in [0.25, 0.3) is 0 Å². The molecule has 1 aliphatic heterocycles. The van der Waals surface area contributed by atoms with Gasteiger partial charge in [-0.25, -0.2) is 0 Å². The summed E-state index contributed by atoms with van der Waals surface area (Å²) in [5.41, 5.74) is 4.52. The standard InChI is InChI=1S/C15H19NO/c1-16-10-12(9-15(16)17)14-8-4-6-11-5-2-3-7-13(11)14/h4,6,8,12H,2-3,5,7,9-10H2,1H3/t12-/m0/s1. The molecule has 0 radical (unpaired) electrons. The van der Waals surface area contributed by atoms with Crippen LogP contribution in [-0.2, 0) is 17.6 Å². The molecule has 1 aromatic rings.